The van der Waals surface area contributed by atoms with Crippen molar-refractivity contribution >= 4 is 35.2 Å². The number of nitrogens with one attached hydrogen (secondary N) is 1. The lowest BCUT2D eigenvalue weighted by molar-refractivity contribution is -0.139. The first-order valence-electron chi connectivity index (χ1n) is 9.29. The highest BCUT2D eigenvalue weighted by molar-refractivity contribution is 8.00. The molecule has 0 saturated heterocycles. The van der Waals surface area contributed by atoms with Crippen LogP contribution in [0.15, 0.2) is 53.4 Å². The third-order valence-corrected chi connectivity index (χ3v) is 5.36. The normalized spacial score (nSPS) is 12.3. The lowest BCUT2D eigenvalue weighted by Gasteiger charge is -2.31. The summed E-state index contributed by atoms with van der Waals surface area (Å²) in [6.07, 6.45) is 0. The molecule has 7 heteroatoms. The molecular weight excluding hydrogens is 411 g/mol. The molecule has 0 aromatic heterocycles. The standard InChI is InChI=1S/C22H26ClFN2O2S/c1-15(21(28)25-22(2,3)4)26(13-16-5-9-18(24)10-6-16)20(27)14-29-19-11-7-17(23)8-12-19/h5-12,15H,13-14H2,1-4H3,(H,25,28)/t15-/m1/s1. The van der Waals surface area contributed by atoms with Crippen LogP contribution in [0.2, 0.25) is 5.02 Å². The van der Waals surface area contributed by atoms with Crippen LogP contribution in [-0.4, -0.2) is 34.0 Å². The van der Waals surface area contributed by atoms with E-state index >= 15 is 0 Å². The van der Waals surface area contributed by atoms with Crippen LogP contribution >= 0.6 is 23.4 Å². The van der Waals surface area contributed by atoms with Crippen LogP contribution < -0.4 is 5.32 Å². The van der Waals surface area contributed by atoms with E-state index in [-0.39, 0.29) is 29.9 Å². The fraction of sp³-hybridized carbons (Fsp3) is 0.364. The Morgan fingerprint density at radius 1 is 1.10 bits per heavy atom. The molecule has 1 N–H and O–H groups in total. The van der Waals surface area contributed by atoms with E-state index in [4.69, 9.17) is 11.6 Å². The summed E-state index contributed by atoms with van der Waals surface area (Å²) in [5.74, 6) is -0.575. The highest BCUT2D eigenvalue weighted by atomic mass is 35.5. The van der Waals surface area contributed by atoms with Crippen LogP contribution in [0.25, 0.3) is 0 Å². The SMILES string of the molecule is C[C@H](C(=O)NC(C)(C)C)N(Cc1ccc(F)cc1)C(=O)CSc1ccc(Cl)cc1. The van der Waals surface area contributed by atoms with Crippen LogP contribution in [0.4, 0.5) is 4.39 Å². The molecule has 1 atom stereocenters. The molecular formula is C22H26ClFN2O2S. The maximum atomic E-state index is 13.2. The zero-order valence-electron chi connectivity index (χ0n) is 17.0. The van der Waals surface area contributed by atoms with Crippen molar-refractivity contribution in [2.45, 2.75) is 50.7 Å². The second-order valence-corrected chi connectivity index (χ2v) is 9.29. The summed E-state index contributed by atoms with van der Waals surface area (Å²) in [6.45, 7) is 7.59. The van der Waals surface area contributed by atoms with Crippen molar-refractivity contribution in [3.05, 3.63) is 64.9 Å². The monoisotopic (exact) mass is 436 g/mol. The van der Waals surface area contributed by atoms with Crippen LogP contribution in [-0.2, 0) is 16.1 Å². The van der Waals surface area contributed by atoms with E-state index in [1.807, 2.05) is 32.9 Å². The highest BCUT2D eigenvalue weighted by Crippen LogP contribution is 2.22. The summed E-state index contributed by atoms with van der Waals surface area (Å²) in [4.78, 5) is 28.1. The number of hydrogen-bond donors (Lipinski definition) is 1. The summed E-state index contributed by atoms with van der Waals surface area (Å²) in [7, 11) is 0. The van der Waals surface area contributed by atoms with Crippen LogP contribution in [0.3, 0.4) is 0 Å². The Labute approximate surface area is 180 Å². The van der Waals surface area contributed by atoms with E-state index in [1.54, 1.807) is 31.2 Å². The zero-order valence-corrected chi connectivity index (χ0v) is 18.6. The maximum absolute atomic E-state index is 13.2. The van der Waals surface area contributed by atoms with Gasteiger partial charge in [-0.15, -0.1) is 11.8 Å². The minimum Gasteiger partial charge on any atom is -0.350 e. The fourth-order valence-electron chi connectivity index (χ4n) is 2.60. The average molecular weight is 437 g/mol. The Kier molecular flexibility index (Phi) is 8.11. The van der Waals surface area contributed by atoms with Crippen molar-refractivity contribution in [1.29, 1.82) is 0 Å². The summed E-state index contributed by atoms with van der Waals surface area (Å²) >= 11 is 7.28. The topological polar surface area (TPSA) is 49.4 Å². The molecule has 2 amide bonds. The predicted octanol–water partition coefficient (Wildman–Crippen LogP) is 4.90. The molecule has 156 valence electrons. The van der Waals surface area contributed by atoms with Gasteiger partial charge in [0.2, 0.25) is 11.8 Å². The van der Waals surface area contributed by atoms with Crippen LogP contribution in [0.5, 0.6) is 0 Å². The molecule has 0 unspecified atom stereocenters. The molecule has 0 fully saturated rings. The number of nitrogens with zero attached hydrogens (tertiary/aromatic N) is 1. The average Bonchev–Trinajstić information content (AvgIpc) is 2.65. The smallest absolute Gasteiger partial charge is 0.242 e. The third kappa shape index (κ3) is 7.71. The molecule has 0 bridgehead atoms. The maximum Gasteiger partial charge on any atom is 0.242 e. The molecule has 2 rings (SSSR count). The summed E-state index contributed by atoms with van der Waals surface area (Å²) < 4.78 is 13.2. The van der Waals surface area contributed by atoms with Crippen molar-refractivity contribution in [1.82, 2.24) is 10.2 Å². The predicted molar refractivity (Wildman–Crippen MR) is 116 cm³/mol. The van der Waals surface area contributed by atoms with Gasteiger partial charge in [0.15, 0.2) is 0 Å². The van der Waals surface area contributed by atoms with E-state index in [9.17, 15) is 14.0 Å². The summed E-state index contributed by atoms with van der Waals surface area (Å²) in [5, 5.41) is 3.55. The molecule has 0 radical (unpaired) electrons. The second-order valence-electron chi connectivity index (χ2n) is 7.81. The van der Waals surface area contributed by atoms with E-state index in [0.29, 0.717) is 5.02 Å². The largest absolute Gasteiger partial charge is 0.350 e. The van der Waals surface area contributed by atoms with Gasteiger partial charge in [0, 0.05) is 22.0 Å². The quantitative estimate of drug-likeness (QED) is 0.628. The third-order valence-electron chi connectivity index (χ3n) is 4.11. The van der Waals surface area contributed by atoms with Crippen molar-refractivity contribution in [2.75, 3.05) is 5.75 Å². The number of amides is 2. The van der Waals surface area contributed by atoms with Gasteiger partial charge in [0.25, 0.3) is 0 Å². The minimum atomic E-state index is -0.669. The lowest BCUT2D eigenvalue weighted by Crippen LogP contribution is -2.52. The Morgan fingerprint density at radius 3 is 2.24 bits per heavy atom. The first kappa shape index (κ1) is 23.2. The second kappa shape index (κ2) is 10.1. The van der Waals surface area contributed by atoms with Gasteiger partial charge in [-0.2, -0.15) is 0 Å². The van der Waals surface area contributed by atoms with Gasteiger partial charge in [-0.1, -0.05) is 23.7 Å². The van der Waals surface area contributed by atoms with E-state index < -0.39 is 11.6 Å². The first-order valence-corrected chi connectivity index (χ1v) is 10.7. The van der Waals surface area contributed by atoms with Crippen molar-refractivity contribution in [2.24, 2.45) is 0 Å². The molecule has 0 heterocycles. The van der Waals surface area contributed by atoms with Crippen molar-refractivity contribution < 1.29 is 14.0 Å². The van der Waals surface area contributed by atoms with Gasteiger partial charge >= 0.3 is 0 Å². The summed E-state index contributed by atoms with van der Waals surface area (Å²) in [6, 6.07) is 12.5. The molecule has 0 saturated carbocycles. The minimum absolute atomic E-state index is 0.175. The number of thioether (sulfide) groups is 1. The number of halogens is 2. The Balaban J connectivity index is 2.15. The number of rotatable bonds is 7. The van der Waals surface area contributed by atoms with Gasteiger partial charge in [-0.3, -0.25) is 9.59 Å². The molecule has 0 aliphatic carbocycles. The molecule has 0 aliphatic heterocycles. The number of carbonyl (C=O) groups excluding carboxylic acids is 2. The first-order chi connectivity index (χ1) is 13.5. The number of hydrogen-bond acceptors (Lipinski definition) is 3. The molecule has 0 spiro atoms. The molecule has 2 aromatic rings. The molecule has 0 aliphatic rings. The summed E-state index contributed by atoms with van der Waals surface area (Å²) in [5.41, 5.74) is 0.347. The van der Waals surface area contributed by atoms with Crippen molar-refractivity contribution in [3.63, 3.8) is 0 Å². The Morgan fingerprint density at radius 2 is 1.69 bits per heavy atom. The Hall–Kier alpha value is -2.05. The van der Waals surface area contributed by atoms with Crippen LogP contribution in [0.1, 0.15) is 33.3 Å². The van der Waals surface area contributed by atoms with Gasteiger partial charge < -0.3 is 10.2 Å². The van der Waals surface area contributed by atoms with Gasteiger partial charge in [-0.05, 0) is 69.7 Å². The Bertz CT molecular complexity index is 835. The van der Waals surface area contributed by atoms with Crippen molar-refractivity contribution in [3.8, 4) is 0 Å². The number of benzene rings is 2. The molecule has 4 nitrogen and oxygen atoms in total. The lowest BCUT2D eigenvalue weighted by atomic mass is 10.1. The zero-order chi connectivity index (χ0) is 21.6. The molecule has 2 aromatic carbocycles. The fourth-order valence-corrected chi connectivity index (χ4v) is 3.51. The number of carbonyl (C=O) groups is 2. The highest BCUT2D eigenvalue weighted by Gasteiger charge is 2.28. The van der Waals surface area contributed by atoms with Gasteiger partial charge in [0.05, 0.1) is 5.75 Å². The van der Waals surface area contributed by atoms with E-state index in [1.165, 1.54) is 28.8 Å². The molecule has 29 heavy (non-hydrogen) atoms. The van der Waals surface area contributed by atoms with Crippen LogP contribution in [0, 0.1) is 5.82 Å². The van der Waals surface area contributed by atoms with E-state index in [2.05, 4.69) is 5.32 Å². The van der Waals surface area contributed by atoms with E-state index in [0.717, 1.165) is 10.5 Å². The van der Waals surface area contributed by atoms with Gasteiger partial charge in [-0.25, -0.2) is 4.39 Å². The van der Waals surface area contributed by atoms with Gasteiger partial charge in [0.1, 0.15) is 11.9 Å².